The first kappa shape index (κ1) is 32.7. The number of hydrogen-bond donors (Lipinski definition) is 0. The summed E-state index contributed by atoms with van der Waals surface area (Å²) in [6.07, 6.45) is 0. The van der Waals surface area contributed by atoms with Crippen LogP contribution in [0, 0.1) is 5.82 Å². The summed E-state index contributed by atoms with van der Waals surface area (Å²) in [5.41, 5.74) is 16.0. The summed E-state index contributed by atoms with van der Waals surface area (Å²) in [4.78, 5) is 2.19. The Labute approximate surface area is 326 Å². The van der Waals surface area contributed by atoms with Gasteiger partial charge in [-0.05, 0) is 104 Å². The fourth-order valence-corrected chi connectivity index (χ4v) is 9.65. The molecular weight excluding hydrogens is 686 g/mol. The van der Waals surface area contributed by atoms with Crippen LogP contribution < -0.4 is 4.90 Å². The second-order valence-electron chi connectivity index (χ2n) is 16.2. The molecule has 0 N–H and O–H groups in total. The molecule has 56 heavy (non-hydrogen) atoms. The lowest BCUT2D eigenvalue weighted by Gasteiger charge is -2.32. The maximum atomic E-state index is 16.5. The molecule has 268 valence electrons. The van der Waals surface area contributed by atoms with Gasteiger partial charge in [0.1, 0.15) is 11.4 Å². The summed E-state index contributed by atoms with van der Waals surface area (Å²) in [6, 6.07) is 61.4. The molecule has 0 bridgehead atoms. The predicted octanol–water partition coefficient (Wildman–Crippen LogP) is 14.5. The summed E-state index contributed by atoms with van der Waals surface area (Å²) in [6.45, 7) is 6.68. The van der Waals surface area contributed by atoms with Crippen LogP contribution in [-0.4, -0.2) is 0 Å². The van der Waals surface area contributed by atoms with Crippen LogP contribution in [0.25, 0.3) is 55.3 Å². The molecule has 2 aliphatic carbocycles. The molecule has 0 amide bonds. The van der Waals surface area contributed by atoms with E-state index in [2.05, 4.69) is 147 Å². The third kappa shape index (κ3) is 4.49. The molecule has 3 heteroatoms. The van der Waals surface area contributed by atoms with Gasteiger partial charge in [-0.1, -0.05) is 154 Å². The Bertz CT molecular complexity index is 2980. The van der Waals surface area contributed by atoms with Crippen molar-refractivity contribution in [2.45, 2.75) is 31.6 Å². The van der Waals surface area contributed by atoms with Gasteiger partial charge in [-0.25, -0.2) is 4.39 Å². The number of para-hydroxylation sites is 1. The third-order valence-electron chi connectivity index (χ3n) is 12.1. The van der Waals surface area contributed by atoms with Crippen molar-refractivity contribution < 1.29 is 8.81 Å². The van der Waals surface area contributed by atoms with Crippen LogP contribution in [0.4, 0.5) is 21.5 Å². The normalized spacial score (nSPS) is 13.5. The van der Waals surface area contributed by atoms with Gasteiger partial charge in [-0.3, -0.25) is 0 Å². The van der Waals surface area contributed by atoms with E-state index < -0.39 is 5.41 Å². The average molecular weight is 724 g/mol. The number of rotatable bonds is 4. The van der Waals surface area contributed by atoms with Crippen molar-refractivity contribution in [2.24, 2.45) is 0 Å². The molecule has 0 aliphatic heterocycles. The summed E-state index contributed by atoms with van der Waals surface area (Å²) in [5.74, 6) is -0.283. The lowest BCUT2D eigenvalue weighted by Crippen LogP contribution is -2.26. The van der Waals surface area contributed by atoms with Crippen LogP contribution in [-0.2, 0) is 10.8 Å². The van der Waals surface area contributed by atoms with E-state index in [4.69, 9.17) is 4.42 Å². The highest BCUT2D eigenvalue weighted by Crippen LogP contribution is 2.65. The second-order valence-corrected chi connectivity index (χ2v) is 16.2. The monoisotopic (exact) mass is 723 g/mol. The minimum atomic E-state index is -0.579. The van der Waals surface area contributed by atoms with Gasteiger partial charge in [-0.2, -0.15) is 0 Å². The fourth-order valence-electron chi connectivity index (χ4n) is 9.65. The van der Waals surface area contributed by atoms with Crippen LogP contribution in [0.3, 0.4) is 0 Å². The smallest absolute Gasteiger partial charge is 0.160 e. The number of hydrogen-bond acceptors (Lipinski definition) is 2. The molecule has 1 aromatic heterocycles. The lowest BCUT2D eigenvalue weighted by molar-refractivity contribution is 0.590. The molecule has 2 nitrogen and oxygen atoms in total. The SMILES string of the molecule is CC(C)(C)c1ccc(N(c2ccc(-c3ccccc3)c(F)c2)c2cc3c(c4c2oc2ccccc24)-c2ccccc2C32c3ccccc3-c3ccccc32)cc1. The standard InChI is InChI=1S/C53H38FNO/c1-52(2,3)34-25-27-35(28-26-34)55(36-29-30-37(46(54)31-36)33-15-5-4-6-16-33)47-32-45-49(50-41-20-10-14-24-48(41)56-51(47)50)40-19-9-13-23-44(40)53(45)42-21-11-7-17-38(42)39-18-8-12-22-43(39)53/h4-32H,1-3H3. The zero-order valence-corrected chi connectivity index (χ0v) is 31.5. The first-order valence-electron chi connectivity index (χ1n) is 19.4. The maximum Gasteiger partial charge on any atom is 0.160 e. The second kappa shape index (κ2) is 11.9. The minimum absolute atomic E-state index is 0.0339. The molecule has 2 aliphatic rings. The van der Waals surface area contributed by atoms with E-state index in [1.165, 1.54) is 50.1 Å². The van der Waals surface area contributed by atoms with Crippen molar-refractivity contribution >= 4 is 39.0 Å². The Kier molecular flexibility index (Phi) is 6.94. The molecule has 1 spiro atoms. The van der Waals surface area contributed by atoms with Gasteiger partial charge >= 0.3 is 0 Å². The number of benzene rings is 8. The van der Waals surface area contributed by atoms with Crippen LogP contribution in [0.2, 0.25) is 0 Å². The van der Waals surface area contributed by atoms with Crippen molar-refractivity contribution in [3.05, 3.63) is 210 Å². The molecule has 1 heterocycles. The Morgan fingerprint density at radius 2 is 1.09 bits per heavy atom. The molecule has 11 rings (SSSR count). The van der Waals surface area contributed by atoms with E-state index >= 15 is 4.39 Å². The molecule has 0 unspecified atom stereocenters. The summed E-state index contributed by atoms with van der Waals surface area (Å²) in [5, 5.41) is 2.12. The van der Waals surface area contributed by atoms with Crippen molar-refractivity contribution in [1.82, 2.24) is 0 Å². The Morgan fingerprint density at radius 1 is 0.518 bits per heavy atom. The largest absolute Gasteiger partial charge is 0.454 e. The van der Waals surface area contributed by atoms with E-state index in [0.717, 1.165) is 38.9 Å². The van der Waals surface area contributed by atoms with Crippen molar-refractivity contribution in [1.29, 1.82) is 0 Å². The van der Waals surface area contributed by atoms with Gasteiger partial charge in [-0.15, -0.1) is 0 Å². The number of fused-ring (bicyclic) bond motifs is 14. The van der Waals surface area contributed by atoms with Gasteiger partial charge in [0, 0.05) is 27.7 Å². The van der Waals surface area contributed by atoms with E-state index in [0.29, 0.717) is 11.3 Å². The number of anilines is 3. The van der Waals surface area contributed by atoms with E-state index in [1.807, 2.05) is 48.5 Å². The quantitative estimate of drug-likeness (QED) is 0.180. The maximum absolute atomic E-state index is 16.5. The highest BCUT2D eigenvalue weighted by Gasteiger charge is 2.52. The topological polar surface area (TPSA) is 16.4 Å². The zero-order valence-electron chi connectivity index (χ0n) is 31.5. The van der Waals surface area contributed by atoms with Crippen molar-refractivity contribution in [2.75, 3.05) is 4.90 Å². The van der Waals surface area contributed by atoms with Gasteiger partial charge in [0.15, 0.2) is 5.58 Å². The Hall–Kier alpha value is -6.71. The molecule has 8 aromatic carbocycles. The number of nitrogens with zero attached hydrogens (tertiary/aromatic N) is 1. The van der Waals surface area contributed by atoms with Crippen molar-refractivity contribution in [3.8, 4) is 33.4 Å². The molecule has 0 saturated heterocycles. The van der Waals surface area contributed by atoms with Crippen LogP contribution >= 0.6 is 0 Å². The molecule has 0 radical (unpaired) electrons. The van der Waals surface area contributed by atoms with Crippen LogP contribution in [0.5, 0.6) is 0 Å². The summed E-state index contributed by atoms with van der Waals surface area (Å²) >= 11 is 0. The van der Waals surface area contributed by atoms with E-state index in [1.54, 1.807) is 6.07 Å². The fraction of sp³-hybridized carbons (Fsp3) is 0.0943. The average Bonchev–Trinajstić information content (AvgIpc) is 3.86. The number of furan rings is 1. The molecular formula is C53H38FNO. The number of halogens is 1. The van der Waals surface area contributed by atoms with Crippen molar-refractivity contribution in [3.63, 3.8) is 0 Å². The predicted molar refractivity (Wildman–Crippen MR) is 229 cm³/mol. The molecule has 0 atom stereocenters. The van der Waals surface area contributed by atoms with Crippen LogP contribution in [0.15, 0.2) is 180 Å². The van der Waals surface area contributed by atoms with E-state index in [-0.39, 0.29) is 11.2 Å². The highest BCUT2D eigenvalue weighted by molar-refractivity contribution is 6.20. The molecule has 0 fully saturated rings. The van der Waals surface area contributed by atoms with Gasteiger partial charge in [0.25, 0.3) is 0 Å². The Morgan fingerprint density at radius 3 is 1.75 bits per heavy atom. The van der Waals surface area contributed by atoms with Crippen LogP contribution in [0.1, 0.15) is 48.6 Å². The zero-order chi connectivity index (χ0) is 37.8. The first-order valence-corrected chi connectivity index (χ1v) is 19.4. The highest BCUT2D eigenvalue weighted by atomic mass is 19.1. The summed E-state index contributed by atoms with van der Waals surface area (Å²) in [7, 11) is 0. The third-order valence-corrected chi connectivity index (χ3v) is 12.1. The molecule has 9 aromatic rings. The summed E-state index contributed by atoms with van der Waals surface area (Å²) < 4.78 is 23.6. The first-order chi connectivity index (χ1) is 27.3. The lowest BCUT2D eigenvalue weighted by atomic mass is 9.70. The van der Waals surface area contributed by atoms with Gasteiger partial charge in [0.05, 0.1) is 11.1 Å². The van der Waals surface area contributed by atoms with E-state index in [9.17, 15) is 0 Å². The van der Waals surface area contributed by atoms with Gasteiger partial charge in [0.2, 0.25) is 0 Å². The minimum Gasteiger partial charge on any atom is -0.454 e. The Balaban J connectivity index is 1.27. The van der Waals surface area contributed by atoms with Gasteiger partial charge < -0.3 is 9.32 Å². The molecule has 0 saturated carbocycles.